The summed E-state index contributed by atoms with van der Waals surface area (Å²) in [6.45, 7) is 6.33. The average molecular weight is 141 g/mol. The fraction of sp³-hybridized carbons (Fsp3) is 0.778. The first-order chi connectivity index (χ1) is 4.72. The van der Waals surface area contributed by atoms with Gasteiger partial charge in [-0.2, -0.15) is 0 Å². The van der Waals surface area contributed by atoms with Crippen molar-refractivity contribution in [3.8, 4) is 0 Å². The van der Waals surface area contributed by atoms with Crippen LogP contribution in [-0.4, -0.2) is 6.04 Å². The molecule has 0 aromatic heterocycles. The topological polar surface area (TPSA) is 26.0 Å². The van der Waals surface area contributed by atoms with Crippen LogP contribution < -0.4 is 5.73 Å². The van der Waals surface area contributed by atoms with Crippen LogP contribution in [0.15, 0.2) is 11.6 Å². The summed E-state index contributed by atoms with van der Waals surface area (Å²) in [5.74, 6) is 0. The Balaban J connectivity index is 3.51. The number of hydrogen-bond acceptors (Lipinski definition) is 1. The van der Waals surface area contributed by atoms with E-state index in [0.717, 1.165) is 6.42 Å². The van der Waals surface area contributed by atoms with Gasteiger partial charge in [-0.1, -0.05) is 31.4 Å². The predicted octanol–water partition coefficient (Wildman–Crippen LogP) is 2.47. The summed E-state index contributed by atoms with van der Waals surface area (Å²) in [6.07, 6.45) is 5.71. The number of rotatable bonds is 4. The lowest BCUT2D eigenvalue weighted by Gasteiger charge is -2.10. The molecule has 0 spiro atoms. The zero-order valence-corrected chi connectivity index (χ0v) is 7.35. The smallest absolute Gasteiger partial charge is 0.0250 e. The molecule has 0 aromatic carbocycles. The minimum atomic E-state index is 0.296. The van der Waals surface area contributed by atoms with E-state index >= 15 is 0 Å². The fourth-order valence-electron chi connectivity index (χ4n) is 0.866. The molecule has 0 fully saturated rings. The molecule has 1 nitrogen and oxygen atoms in total. The zero-order valence-electron chi connectivity index (χ0n) is 7.35. The Morgan fingerprint density at radius 3 is 2.60 bits per heavy atom. The van der Waals surface area contributed by atoms with Crippen LogP contribution in [0.4, 0.5) is 0 Å². The third-order valence-electron chi connectivity index (χ3n) is 1.91. The van der Waals surface area contributed by atoms with Crippen molar-refractivity contribution in [2.75, 3.05) is 0 Å². The molecule has 0 aliphatic rings. The maximum atomic E-state index is 5.85. The molecule has 0 rings (SSSR count). The van der Waals surface area contributed by atoms with Crippen molar-refractivity contribution in [2.24, 2.45) is 5.73 Å². The molecule has 0 saturated heterocycles. The Hall–Kier alpha value is -0.300. The molecule has 1 unspecified atom stereocenters. The van der Waals surface area contributed by atoms with Gasteiger partial charge in [-0.25, -0.2) is 0 Å². The fourth-order valence-corrected chi connectivity index (χ4v) is 0.866. The van der Waals surface area contributed by atoms with E-state index < -0.39 is 0 Å². The van der Waals surface area contributed by atoms with Gasteiger partial charge in [-0.05, 0) is 20.3 Å². The predicted molar refractivity (Wildman–Crippen MR) is 46.9 cm³/mol. The second-order valence-corrected chi connectivity index (χ2v) is 2.78. The van der Waals surface area contributed by atoms with Crippen molar-refractivity contribution in [3.05, 3.63) is 11.6 Å². The van der Waals surface area contributed by atoms with Crippen LogP contribution in [0.3, 0.4) is 0 Å². The van der Waals surface area contributed by atoms with Gasteiger partial charge in [0, 0.05) is 6.04 Å². The molecule has 0 aliphatic heterocycles. The van der Waals surface area contributed by atoms with E-state index in [1.165, 1.54) is 18.4 Å². The molecule has 2 N–H and O–H groups in total. The van der Waals surface area contributed by atoms with Gasteiger partial charge in [0.2, 0.25) is 0 Å². The third kappa shape index (κ3) is 3.67. The molecule has 0 aromatic rings. The minimum absolute atomic E-state index is 0.296. The first kappa shape index (κ1) is 9.70. The number of hydrogen-bond donors (Lipinski definition) is 1. The largest absolute Gasteiger partial charge is 0.324 e. The van der Waals surface area contributed by atoms with E-state index in [1.807, 2.05) is 6.92 Å². The molecule has 0 saturated carbocycles. The summed E-state index contributed by atoms with van der Waals surface area (Å²) in [7, 11) is 0. The molecule has 10 heavy (non-hydrogen) atoms. The second kappa shape index (κ2) is 5.48. The number of unbranched alkanes of at least 4 members (excludes halogenated alkanes) is 1. The zero-order chi connectivity index (χ0) is 7.98. The average Bonchev–Trinajstić information content (AvgIpc) is 1.98. The van der Waals surface area contributed by atoms with Crippen LogP contribution >= 0.6 is 0 Å². The van der Waals surface area contributed by atoms with Gasteiger partial charge in [-0.15, -0.1) is 0 Å². The first-order valence-corrected chi connectivity index (χ1v) is 4.10. The van der Waals surface area contributed by atoms with Gasteiger partial charge in [0.15, 0.2) is 0 Å². The van der Waals surface area contributed by atoms with Crippen molar-refractivity contribution in [3.63, 3.8) is 0 Å². The van der Waals surface area contributed by atoms with Crippen LogP contribution in [0, 0.1) is 0 Å². The van der Waals surface area contributed by atoms with Gasteiger partial charge in [0.25, 0.3) is 0 Å². The summed E-state index contributed by atoms with van der Waals surface area (Å²) in [6, 6.07) is 0.296. The van der Waals surface area contributed by atoms with Gasteiger partial charge in [0.05, 0.1) is 0 Å². The van der Waals surface area contributed by atoms with Crippen molar-refractivity contribution in [1.29, 1.82) is 0 Å². The number of allylic oxidation sites excluding steroid dienone is 1. The summed E-state index contributed by atoms with van der Waals surface area (Å²) in [4.78, 5) is 0. The van der Waals surface area contributed by atoms with Gasteiger partial charge >= 0.3 is 0 Å². The van der Waals surface area contributed by atoms with E-state index in [0.29, 0.717) is 6.04 Å². The van der Waals surface area contributed by atoms with E-state index in [-0.39, 0.29) is 0 Å². The van der Waals surface area contributed by atoms with Crippen LogP contribution in [0.5, 0.6) is 0 Å². The quantitative estimate of drug-likeness (QED) is 0.598. The molecular weight excluding hydrogens is 122 g/mol. The lowest BCUT2D eigenvalue weighted by atomic mass is 10.0. The summed E-state index contributed by atoms with van der Waals surface area (Å²) in [5.41, 5.74) is 7.16. The molecule has 0 radical (unpaired) electrons. The third-order valence-corrected chi connectivity index (χ3v) is 1.91. The summed E-state index contributed by atoms with van der Waals surface area (Å²) < 4.78 is 0. The second-order valence-electron chi connectivity index (χ2n) is 2.78. The molecule has 1 heteroatoms. The molecule has 0 bridgehead atoms. The SMILES string of the molecule is C/C=C(/C)C(N)CCCC. The highest BCUT2D eigenvalue weighted by Crippen LogP contribution is 2.06. The Morgan fingerprint density at radius 2 is 2.20 bits per heavy atom. The Kier molecular flexibility index (Phi) is 5.32. The molecule has 60 valence electrons. The Morgan fingerprint density at radius 1 is 1.60 bits per heavy atom. The minimum Gasteiger partial charge on any atom is -0.324 e. The van der Waals surface area contributed by atoms with E-state index in [1.54, 1.807) is 0 Å². The van der Waals surface area contributed by atoms with E-state index in [4.69, 9.17) is 5.73 Å². The molecular formula is C9H19N. The maximum absolute atomic E-state index is 5.85. The summed E-state index contributed by atoms with van der Waals surface area (Å²) in [5, 5.41) is 0. The van der Waals surface area contributed by atoms with Gasteiger partial charge in [-0.3, -0.25) is 0 Å². The highest BCUT2D eigenvalue weighted by Gasteiger charge is 2.01. The summed E-state index contributed by atoms with van der Waals surface area (Å²) >= 11 is 0. The molecule has 0 aliphatic carbocycles. The highest BCUT2D eigenvalue weighted by molar-refractivity contribution is 5.04. The Bertz CT molecular complexity index is 105. The van der Waals surface area contributed by atoms with Crippen molar-refractivity contribution < 1.29 is 0 Å². The van der Waals surface area contributed by atoms with Crippen molar-refractivity contribution in [1.82, 2.24) is 0 Å². The van der Waals surface area contributed by atoms with Crippen molar-refractivity contribution in [2.45, 2.75) is 46.1 Å². The standard InChI is InChI=1S/C9H19N/c1-4-6-7-9(10)8(3)5-2/h5,9H,4,6-7,10H2,1-3H3/b8-5-. The van der Waals surface area contributed by atoms with E-state index in [9.17, 15) is 0 Å². The number of nitrogens with two attached hydrogens (primary N) is 1. The van der Waals surface area contributed by atoms with Crippen LogP contribution in [0.25, 0.3) is 0 Å². The highest BCUT2D eigenvalue weighted by atomic mass is 14.6. The normalized spacial score (nSPS) is 15.4. The lowest BCUT2D eigenvalue weighted by Crippen LogP contribution is -2.20. The van der Waals surface area contributed by atoms with E-state index in [2.05, 4.69) is 19.9 Å². The van der Waals surface area contributed by atoms with Gasteiger partial charge < -0.3 is 5.73 Å². The lowest BCUT2D eigenvalue weighted by molar-refractivity contribution is 0.632. The Labute approximate surface area is 64.3 Å². The van der Waals surface area contributed by atoms with Crippen LogP contribution in [0.1, 0.15) is 40.0 Å². The molecule has 1 atom stereocenters. The van der Waals surface area contributed by atoms with Crippen molar-refractivity contribution >= 4 is 0 Å². The monoisotopic (exact) mass is 141 g/mol. The molecule has 0 amide bonds. The van der Waals surface area contributed by atoms with Crippen LogP contribution in [0.2, 0.25) is 0 Å². The first-order valence-electron chi connectivity index (χ1n) is 4.10. The van der Waals surface area contributed by atoms with Crippen LogP contribution in [-0.2, 0) is 0 Å². The molecule has 0 heterocycles. The van der Waals surface area contributed by atoms with Gasteiger partial charge in [0.1, 0.15) is 0 Å². The maximum Gasteiger partial charge on any atom is 0.0250 e.